The second-order valence-corrected chi connectivity index (χ2v) is 8.23. The van der Waals surface area contributed by atoms with Crippen molar-refractivity contribution < 1.29 is 60.4 Å². The van der Waals surface area contributed by atoms with E-state index in [4.69, 9.17) is 9.78 Å². The summed E-state index contributed by atoms with van der Waals surface area (Å²) in [5.41, 5.74) is -1.08. The van der Waals surface area contributed by atoms with Crippen LogP contribution in [0.3, 0.4) is 0 Å². The van der Waals surface area contributed by atoms with E-state index >= 15 is 0 Å². The van der Waals surface area contributed by atoms with E-state index in [1.54, 1.807) is 41.5 Å². The summed E-state index contributed by atoms with van der Waals surface area (Å²) in [4.78, 5) is 62.5. The summed E-state index contributed by atoms with van der Waals surface area (Å²) in [5, 5.41) is 0. The van der Waals surface area contributed by atoms with Crippen LogP contribution in [-0.4, -0.2) is 34.7 Å². The fraction of sp³-hybridized carbons (Fsp3) is 0.800. The number of carbonyl (C=O) groups excluding carboxylic acids is 4. The number of carbonyl (C=O) groups is 4. The molecule has 0 amide bonds. The molecule has 9 heteroatoms. The minimum Gasteiger partial charge on any atom is -0.299 e. The van der Waals surface area contributed by atoms with Gasteiger partial charge in [-0.1, -0.05) is 13.8 Å². The van der Waals surface area contributed by atoms with Gasteiger partial charge in [0.2, 0.25) is 0 Å². The first-order valence-electron chi connectivity index (χ1n) is 9.50. The predicted octanol–water partition coefficient (Wildman–Crippen LogP) is 4.04. The standard InChI is InChI=1S/2C10H18O4.Ti/c2*1-5-6-8(11)7-9(12)13-14-10(2,3)4;/h2*5-7H2,1-4H3;. The zero-order valence-electron chi connectivity index (χ0n) is 19.0. The van der Waals surface area contributed by atoms with Gasteiger partial charge in [-0.25, -0.2) is 9.59 Å². The number of rotatable bonds is 10. The summed E-state index contributed by atoms with van der Waals surface area (Å²) >= 11 is 0. The Bertz CT molecular complexity index is 458. The van der Waals surface area contributed by atoms with Gasteiger partial charge in [0.1, 0.15) is 35.6 Å². The third kappa shape index (κ3) is 26.9. The van der Waals surface area contributed by atoms with Gasteiger partial charge in [-0.15, -0.1) is 0 Å². The molecule has 8 nitrogen and oxygen atoms in total. The topological polar surface area (TPSA) is 105 Å². The zero-order valence-corrected chi connectivity index (χ0v) is 20.6. The SMILES string of the molecule is CCCC(=O)CC(=O)OOC(C)(C)C.CCCC(=O)CC(=O)OOC(C)(C)C.[Ti]. The number of hydrogen-bond acceptors (Lipinski definition) is 8. The number of ketones is 2. The van der Waals surface area contributed by atoms with Crippen LogP contribution in [0.1, 0.15) is 93.9 Å². The minimum absolute atomic E-state index is 0. The first kappa shape index (κ1) is 32.6. The van der Waals surface area contributed by atoms with Crippen molar-refractivity contribution in [2.24, 2.45) is 0 Å². The van der Waals surface area contributed by atoms with Crippen LogP contribution in [0.2, 0.25) is 0 Å². The van der Waals surface area contributed by atoms with Crippen LogP contribution in [0.25, 0.3) is 0 Å². The Morgan fingerprint density at radius 2 is 0.897 bits per heavy atom. The van der Waals surface area contributed by atoms with Crippen molar-refractivity contribution in [2.75, 3.05) is 0 Å². The van der Waals surface area contributed by atoms with Crippen molar-refractivity contribution in [3.63, 3.8) is 0 Å². The summed E-state index contributed by atoms with van der Waals surface area (Å²) in [6.07, 6.45) is 1.89. The van der Waals surface area contributed by atoms with Gasteiger partial charge >= 0.3 is 11.9 Å². The average Bonchev–Trinajstić information content (AvgIpc) is 2.51. The second-order valence-electron chi connectivity index (χ2n) is 8.23. The van der Waals surface area contributed by atoms with Gasteiger partial charge in [-0.05, 0) is 54.4 Å². The molecule has 29 heavy (non-hydrogen) atoms. The van der Waals surface area contributed by atoms with Crippen molar-refractivity contribution in [1.29, 1.82) is 0 Å². The van der Waals surface area contributed by atoms with Gasteiger partial charge in [0, 0.05) is 34.6 Å². The van der Waals surface area contributed by atoms with Gasteiger partial charge in [-0.3, -0.25) is 19.4 Å². The van der Waals surface area contributed by atoms with Crippen LogP contribution < -0.4 is 0 Å². The molecule has 0 rings (SSSR count). The monoisotopic (exact) mass is 452 g/mol. The van der Waals surface area contributed by atoms with E-state index in [0.29, 0.717) is 12.8 Å². The molecule has 0 atom stereocenters. The van der Waals surface area contributed by atoms with E-state index in [1.165, 1.54) is 0 Å². The second kappa shape index (κ2) is 16.7. The van der Waals surface area contributed by atoms with Crippen LogP contribution in [0, 0.1) is 0 Å². The molecule has 0 fully saturated rings. The molecular formula is C20H36O8Ti. The molecule has 0 aromatic carbocycles. The average molecular weight is 452 g/mol. The van der Waals surface area contributed by atoms with Crippen LogP contribution in [0.15, 0.2) is 0 Å². The molecule has 0 aromatic heterocycles. The van der Waals surface area contributed by atoms with Crippen molar-refractivity contribution in [3.05, 3.63) is 0 Å². The van der Waals surface area contributed by atoms with Crippen LogP contribution in [0.5, 0.6) is 0 Å². The Labute approximate surface area is 189 Å². The van der Waals surface area contributed by atoms with E-state index in [0.717, 1.165) is 12.8 Å². The third-order valence-corrected chi connectivity index (χ3v) is 2.51. The molecule has 0 saturated carbocycles. The summed E-state index contributed by atoms with van der Waals surface area (Å²) in [5.74, 6) is -1.48. The van der Waals surface area contributed by atoms with Gasteiger partial charge in [0.05, 0.1) is 0 Å². The minimum atomic E-state index is -0.627. The smallest absolute Gasteiger partial charge is 0.299 e. The molecule has 0 aromatic rings. The Balaban J connectivity index is -0.000000451. The van der Waals surface area contributed by atoms with E-state index in [9.17, 15) is 19.2 Å². The molecular weight excluding hydrogens is 416 g/mol. The quantitative estimate of drug-likeness (QED) is 0.212. The maximum absolute atomic E-state index is 11.0. The van der Waals surface area contributed by atoms with Crippen molar-refractivity contribution in [1.82, 2.24) is 0 Å². The summed E-state index contributed by atoms with van der Waals surface area (Å²) in [6.45, 7) is 14.3. The fourth-order valence-electron chi connectivity index (χ4n) is 1.46. The van der Waals surface area contributed by atoms with Crippen LogP contribution in [-0.2, 0) is 60.4 Å². The normalized spacial score (nSPS) is 10.8. The first-order valence-corrected chi connectivity index (χ1v) is 9.50. The van der Waals surface area contributed by atoms with E-state index < -0.39 is 23.1 Å². The van der Waals surface area contributed by atoms with E-state index in [-0.39, 0.29) is 46.1 Å². The Kier molecular flexibility index (Phi) is 18.7. The molecule has 0 aliphatic rings. The van der Waals surface area contributed by atoms with Crippen LogP contribution in [0.4, 0.5) is 0 Å². The van der Waals surface area contributed by atoms with Crippen molar-refractivity contribution in [2.45, 2.75) is 105 Å². The molecule has 0 spiro atoms. The number of Topliss-reactive ketones (excluding diaryl/α,β-unsaturated/α-hetero) is 2. The summed E-state index contributed by atoms with van der Waals surface area (Å²) in [6, 6.07) is 0. The Hall–Kier alpha value is -1.09. The molecule has 0 aliphatic heterocycles. The molecule has 0 radical (unpaired) electrons. The molecule has 0 saturated heterocycles. The Morgan fingerprint density at radius 1 is 0.621 bits per heavy atom. The Morgan fingerprint density at radius 3 is 1.10 bits per heavy atom. The summed E-state index contributed by atoms with van der Waals surface area (Å²) in [7, 11) is 0. The van der Waals surface area contributed by atoms with Gasteiger partial charge < -0.3 is 0 Å². The molecule has 168 valence electrons. The van der Waals surface area contributed by atoms with Gasteiger partial charge in [0.15, 0.2) is 0 Å². The molecule has 0 aliphatic carbocycles. The van der Waals surface area contributed by atoms with Crippen molar-refractivity contribution >= 4 is 23.5 Å². The largest absolute Gasteiger partial charge is 0.349 e. The number of hydrogen-bond donors (Lipinski definition) is 0. The maximum Gasteiger partial charge on any atom is 0.349 e. The molecule has 0 N–H and O–H groups in total. The first-order chi connectivity index (χ1) is 12.7. The molecule has 0 bridgehead atoms. The molecule has 0 heterocycles. The van der Waals surface area contributed by atoms with Gasteiger partial charge in [0.25, 0.3) is 0 Å². The maximum atomic E-state index is 11.0. The van der Waals surface area contributed by atoms with E-state index in [2.05, 4.69) is 9.78 Å². The summed E-state index contributed by atoms with van der Waals surface area (Å²) < 4.78 is 0. The van der Waals surface area contributed by atoms with E-state index in [1.807, 2.05) is 13.8 Å². The third-order valence-electron chi connectivity index (χ3n) is 2.51. The molecule has 0 unspecified atom stereocenters. The van der Waals surface area contributed by atoms with Crippen LogP contribution >= 0.6 is 0 Å². The van der Waals surface area contributed by atoms with Crippen molar-refractivity contribution in [3.8, 4) is 0 Å². The fourth-order valence-corrected chi connectivity index (χ4v) is 1.46. The van der Waals surface area contributed by atoms with Gasteiger partial charge in [-0.2, -0.15) is 9.78 Å². The predicted molar refractivity (Wildman–Crippen MR) is 103 cm³/mol. The zero-order chi connectivity index (χ0) is 22.4.